The fourth-order valence-electron chi connectivity index (χ4n) is 1.33. The summed E-state index contributed by atoms with van der Waals surface area (Å²) in [7, 11) is 0. The van der Waals surface area contributed by atoms with Crippen LogP contribution in [0.5, 0.6) is 0 Å². The molecule has 0 fully saturated rings. The summed E-state index contributed by atoms with van der Waals surface area (Å²) in [6.45, 7) is 2.06. The molecule has 0 spiro atoms. The lowest BCUT2D eigenvalue weighted by molar-refractivity contribution is 0.0519. The van der Waals surface area contributed by atoms with Crippen LogP contribution in [0.15, 0.2) is 28.9 Å². The van der Waals surface area contributed by atoms with Crippen LogP contribution in [0.2, 0.25) is 0 Å². The average Bonchev–Trinajstić information content (AvgIpc) is 3.07. The Morgan fingerprint density at radius 1 is 1.53 bits per heavy atom. The van der Waals surface area contributed by atoms with E-state index in [-0.39, 0.29) is 11.5 Å². The van der Waals surface area contributed by atoms with Gasteiger partial charge in [-0.05, 0) is 18.4 Å². The topological polar surface area (TPSA) is 72.0 Å². The molecule has 5 nitrogen and oxygen atoms in total. The van der Waals surface area contributed by atoms with Crippen LogP contribution in [-0.2, 0) is 4.74 Å². The van der Waals surface area contributed by atoms with Crippen molar-refractivity contribution in [1.29, 1.82) is 0 Å². The van der Waals surface area contributed by atoms with E-state index in [4.69, 9.17) is 4.74 Å². The first-order valence-corrected chi connectivity index (χ1v) is 7.49. The molecule has 19 heavy (non-hydrogen) atoms. The second kappa shape index (κ2) is 6.53. The van der Waals surface area contributed by atoms with Gasteiger partial charge in [0.05, 0.1) is 23.4 Å². The molecule has 2 heterocycles. The van der Waals surface area contributed by atoms with Gasteiger partial charge in [-0.3, -0.25) is 4.79 Å². The Kier molecular flexibility index (Phi) is 4.75. The first kappa shape index (κ1) is 13.8. The summed E-state index contributed by atoms with van der Waals surface area (Å²) in [5.41, 5.74) is 0.299. The number of nitrogens with zero attached hydrogens (tertiary/aromatic N) is 1. The number of H-pyrrole nitrogens is 1. The van der Waals surface area contributed by atoms with E-state index in [1.54, 1.807) is 13.0 Å². The van der Waals surface area contributed by atoms with Crippen LogP contribution in [0.25, 0.3) is 0 Å². The molecule has 1 N–H and O–H groups in total. The van der Waals surface area contributed by atoms with Crippen LogP contribution >= 0.6 is 23.1 Å². The summed E-state index contributed by atoms with van der Waals surface area (Å²) >= 11 is 2.68. The third-order valence-corrected chi connectivity index (χ3v) is 3.98. The molecule has 0 amide bonds. The van der Waals surface area contributed by atoms with Crippen LogP contribution in [0, 0.1) is 0 Å². The van der Waals surface area contributed by atoms with Gasteiger partial charge in [0.25, 0.3) is 0 Å². The molecule has 0 atom stereocenters. The van der Waals surface area contributed by atoms with Gasteiger partial charge in [-0.2, -0.15) is 0 Å². The lowest BCUT2D eigenvalue weighted by atomic mass is 10.4. The molecule has 7 heteroatoms. The lowest BCUT2D eigenvalue weighted by Crippen LogP contribution is -2.04. The third kappa shape index (κ3) is 3.68. The quantitative estimate of drug-likeness (QED) is 0.504. The maximum absolute atomic E-state index is 11.8. The van der Waals surface area contributed by atoms with Crippen molar-refractivity contribution in [1.82, 2.24) is 9.97 Å². The predicted octanol–water partition coefficient (Wildman–Crippen LogP) is 2.62. The number of thioether (sulfide) groups is 1. The van der Waals surface area contributed by atoms with Gasteiger partial charge >= 0.3 is 5.97 Å². The summed E-state index contributed by atoms with van der Waals surface area (Å²) in [6, 6.07) is 3.63. The summed E-state index contributed by atoms with van der Waals surface area (Å²) in [4.78, 5) is 30.8. The van der Waals surface area contributed by atoms with E-state index in [0.29, 0.717) is 17.5 Å². The van der Waals surface area contributed by atoms with E-state index in [0.717, 1.165) is 4.88 Å². The fourth-order valence-corrected chi connectivity index (χ4v) is 2.82. The highest BCUT2D eigenvalue weighted by atomic mass is 32.2. The summed E-state index contributed by atoms with van der Waals surface area (Å²) in [6.07, 6.45) is 1.41. The van der Waals surface area contributed by atoms with Crippen LogP contribution in [-0.4, -0.2) is 34.1 Å². The van der Waals surface area contributed by atoms with E-state index in [2.05, 4.69) is 9.97 Å². The largest absolute Gasteiger partial charge is 0.461 e. The second-order valence-corrected chi connectivity index (χ2v) is 5.42. The van der Waals surface area contributed by atoms with Crippen LogP contribution in [0.1, 0.15) is 27.1 Å². The Bertz CT molecular complexity index is 563. The SMILES string of the molecule is CCOC(=O)c1cnc(SCC(=O)c2cccs2)[nH]1. The Hall–Kier alpha value is -1.60. The molecule has 2 aromatic rings. The van der Waals surface area contributed by atoms with Gasteiger partial charge in [0.15, 0.2) is 10.9 Å². The molecule has 0 aliphatic heterocycles. The molecule has 2 aromatic heterocycles. The minimum Gasteiger partial charge on any atom is -0.461 e. The molecular weight excluding hydrogens is 284 g/mol. The number of ether oxygens (including phenoxy) is 1. The number of hydrogen-bond acceptors (Lipinski definition) is 6. The van der Waals surface area contributed by atoms with Crippen molar-refractivity contribution in [2.75, 3.05) is 12.4 Å². The van der Waals surface area contributed by atoms with Gasteiger partial charge in [0.2, 0.25) is 0 Å². The molecule has 0 saturated carbocycles. The number of nitrogens with one attached hydrogen (secondary N) is 1. The zero-order chi connectivity index (χ0) is 13.7. The number of carbonyl (C=O) groups excluding carboxylic acids is 2. The number of thiophene rings is 1. The zero-order valence-corrected chi connectivity index (χ0v) is 11.8. The van der Waals surface area contributed by atoms with Gasteiger partial charge in [-0.25, -0.2) is 9.78 Å². The van der Waals surface area contributed by atoms with Crippen molar-refractivity contribution in [3.05, 3.63) is 34.3 Å². The van der Waals surface area contributed by atoms with Gasteiger partial charge < -0.3 is 9.72 Å². The highest BCUT2D eigenvalue weighted by Crippen LogP contribution is 2.18. The van der Waals surface area contributed by atoms with Crippen molar-refractivity contribution in [2.24, 2.45) is 0 Å². The van der Waals surface area contributed by atoms with Crippen LogP contribution < -0.4 is 0 Å². The summed E-state index contributed by atoms with van der Waals surface area (Å²) < 4.78 is 4.84. The lowest BCUT2D eigenvalue weighted by Gasteiger charge is -1.97. The minimum atomic E-state index is -0.438. The second-order valence-electron chi connectivity index (χ2n) is 3.51. The highest BCUT2D eigenvalue weighted by molar-refractivity contribution is 7.99. The Balaban J connectivity index is 1.90. The average molecular weight is 296 g/mol. The summed E-state index contributed by atoms with van der Waals surface area (Å²) in [5, 5.41) is 2.40. The number of ketones is 1. The number of imidazole rings is 1. The van der Waals surface area contributed by atoms with Crippen molar-refractivity contribution in [3.8, 4) is 0 Å². The highest BCUT2D eigenvalue weighted by Gasteiger charge is 2.12. The predicted molar refractivity (Wildman–Crippen MR) is 73.9 cm³/mol. The molecule has 100 valence electrons. The Morgan fingerprint density at radius 3 is 3.05 bits per heavy atom. The van der Waals surface area contributed by atoms with Gasteiger partial charge in [0, 0.05) is 0 Å². The molecule has 0 bridgehead atoms. The van der Waals surface area contributed by atoms with Crippen molar-refractivity contribution >= 4 is 34.9 Å². The number of hydrogen-bond donors (Lipinski definition) is 1. The maximum Gasteiger partial charge on any atom is 0.356 e. The van der Waals surface area contributed by atoms with Crippen LogP contribution in [0.4, 0.5) is 0 Å². The van der Waals surface area contributed by atoms with Crippen molar-refractivity contribution < 1.29 is 14.3 Å². The molecule has 0 saturated heterocycles. The molecular formula is C12H12N2O3S2. The molecule has 2 rings (SSSR count). The Morgan fingerprint density at radius 2 is 2.37 bits per heavy atom. The van der Waals surface area contributed by atoms with Gasteiger partial charge in [0.1, 0.15) is 5.69 Å². The molecule has 0 aliphatic carbocycles. The standard InChI is InChI=1S/C12H12N2O3S2/c1-2-17-11(16)8-6-13-12(14-8)19-7-9(15)10-4-3-5-18-10/h3-6H,2,7H2,1H3,(H,13,14). The normalized spacial score (nSPS) is 10.4. The molecule has 0 unspecified atom stereocenters. The van der Waals surface area contributed by atoms with E-state index in [9.17, 15) is 9.59 Å². The number of Topliss-reactive ketones (excluding diaryl/α,β-unsaturated/α-hetero) is 1. The van der Waals surface area contributed by atoms with Gasteiger partial charge in [-0.1, -0.05) is 17.8 Å². The van der Waals surface area contributed by atoms with Crippen molar-refractivity contribution in [3.63, 3.8) is 0 Å². The van der Waals surface area contributed by atoms with E-state index >= 15 is 0 Å². The molecule has 0 aromatic carbocycles. The van der Waals surface area contributed by atoms with Crippen molar-refractivity contribution in [2.45, 2.75) is 12.1 Å². The van der Waals surface area contributed by atoms with Gasteiger partial charge in [-0.15, -0.1) is 11.3 Å². The molecule has 0 aliphatic rings. The van der Waals surface area contributed by atoms with E-state index in [1.807, 2.05) is 11.4 Å². The third-order valence-electron chi connectivity index (χ3n) is 2.18. The van der Waals surface area contributed by atoms with E-state index < -0.39 is 5.97 Å². The minimum absolute atomic E-state index is 0.0501. The first-order valence-electron chi connectivity index (χ1n) is 5.62. The van der Waals surface area contributed by atoms with Crippen LogP contribution in [0.3, 0.4) is 0 Å². The Labute approximate surface area is 118 Å². The number of esters is 1. The number of aromatic nitrogens is 2. The fraction of sp³-hybridized carbons (Fsp3) is 0.250. The molecule has 0 radical (unpaired) electrons. The summed E-state index contributed by atoms with van der Waals surface area (Å²) in [5.74, 6) is -0.100. The monoisotopic (exact) mass is 296 g/mol. The maximum atomic E-state index is 11.8. The first-order chi connectivity index (χ1) is 9.20. The zero-order valence-electron chi connectivity index (χ0n) is 10.2. The van der Waals surface area contributed by atoms with E-state index in [1.165, 1.54) is 29.3 Å². The number of carbonyl (C=O) groups is 2. The number of aromatic amines is 1. The smallest absolute Gasteiger partial charge is 0.356 e. The number of rotatable bonds is 6.